The minimum absolute atomic E-state index is 0.152. The zero-order valence-corrected chi connectivity index (χ0v) is 18.7. The van der Waals surface area contributed by atoms with Gasteiger partial charge in [0.25, 0.3) is 5.69 Å². The Balaban J connectivity index is 1.54. The number of benzene rings is 3. The first-order valence-electron chi connectivity index (χ1n) is 9.70. The lowest BCUT2D eigenvalue weighted by atomic mass is 10.0. The highest BCUT2D eigenvalue weighted by molar-refractivity contribution is 6.34. The van der Waals surface area contributed by atoms with E-state index in [0.29, 0.717) is 16.6 Å². The maximum atomic E-state index is 13.9. The summed E-state index contributed by atoms with van der Waals surface area (Å²) in [7, 11) is 1.83. The van der Waals surface area contributed by atoms with Crippen LogP contribution in [0.4, 0.5) is 10.1 Å². The van der Waals surface area contributed by atoms with E-state index in [2.05, 4.69) is 0 Å². The van der Waals surface area contributed by atoms with Gasteiger partial charge in [-0.05, 0) is 42.4 Å². The lowest BCUT2D eigenvalue weighted by Gasteiger charge is -2.21. The molecule has 1 unspecified atom stereocenters. The Morgan fingerprint density at radius 1 is 1.16 bits per heavy atom. The molecule has 32 heavy (non-hydrogen) atoms. The Bertz CT molecular complexity index is 1110. The normalized spacial score (nSPS) is 12.1. The monoisotopic (exact) mass is 478 g/mol. The Morgan fingerprint density at radius 2 is 1.94 bits per heavy atom. The third kappa shape index (κ3) is 6.40. The van der Waals surface area contributed by atoms with Gasteiger partial charge in [0.05, 0.1) is 11.0 Å². The molecule has 3 rings (SSSR count). The second-order valence-corrected chi connectivity index (χ2v) is 8.20. The van der Waals surface area contributed by atoms with Gasteiger partial charge in [-0.3, -0.25) is 15.0 Å². The van der Waals surface area contributed by atoms with Gasteiger partial charge >= 0.3 is 0 Å². The topological polar surface area (TPSA) is 75.8 Å². The molecule has 1 N–H and O–H groups in total. The molecule has 0 amide bonds. The first kappa shape index (κ1) is 23.9. The molecular formula is C23H21Cl2FN2O4. The zero-order chi connectivity index (χ0) is 23.3. The maximum absolute atomic E-state index is 13.9. The predicted octanol–water partition coefficient (Wildman–Crippen LogP) is 5.58. The van der Waals surface area contributed by atoms with Crippen molar-refractivity contribution < 1.29 is 19.2 Å². The molecule has 0 aliphatic carbocycles. The number of non-ortho nitro benzene ring substituents is 1. The van der Waals surface area contributed by atoms with Gasteiger partial charge in [-0.15, -0.1) is 0 Å². The zero-order valence-electron chi connectivity index (χ0n) is 17.2. The highest BCUT2D eigenvalue weighted by Gasteiger charge is 2.15. The van der Waals surface area contributed by atoms with E-state index in [4.69, 9.17) is 27.9 Å². The number of ether oxygens (including phenoxy) is 1. The minimum atomic E-state index is -0.893. The fourth-order valence-electron chi connectivity index (χ4n) is 3.24. The number of halogens is 3. The van der Waals surface area contributed by atoms with Gasteiger partial charge in [0.15, 0.2) is 11.6 Å². The molecule has 0 heterocycles. The lowest BCUT2D eigenvalue weighted by Crippen LogP contribution is -2.32. The largest absolute Gasteiger partial charge is 0.488 e. The van der Waals surface area contributed by atoms with Crippen molar-refractivity contribution in [2.75, 3.05) is 20.2 Å². The van der Waals surface area contributed by atoms with Crippen LogP contribution in [0.5, 0.6) is 5.75 Å². The van der Waals surface area contributed by atoms with Crippen molar-refractivity contribution in [2.24, 2.45) is 0 Å². The Kier molecular flexibility index (Phi) is 8.04. The summed E-state index contributed by atoms with van der Waals surface area (Å²) in [4.78, 5) is 11.9. The van der Waals surface area contributed by atoms with Crippen LogP contribution in [-0.2, 0) is 6.54 Å². The average molecular weight is 479 g/mol. The van der Waals surface area contributed by atoms with E-state index in [1.807, 2.05) is 48.3 Å². The number of likely N-dealkylation sites (N-methyl/N-ethyl adjacent to an activating group) is 1. The van der Waals surface area contributed by atoms with Gasteiger partial charge in [-0.25, -0.2) is 4.39 Å². The predicted molar refractivity (Wildman–Crippen MR) is 123 cm³/mol. The first-order chi connectivity index (χ1) is 15.2. The SMILES string of the molecule is CN(Cc1ccc(-c2cccc(Cl)c2)c(Cl)c1)CC(O)COc1ccc([N+](=O)[O-])cc1F. The number of hydrogen-bond acceptors (Lipinski definition) is 5. The lowest BCUT2D eigenvalue weighted by molar-refractivity contribution is -0.385. The molecule has 0 saturated heterocycles. The Morgan fingerprint density at radius 3 is 2.59 bits per heavy atom. The van der Waals surface area contributed by atoms with Gasteiger partial charge in [-0.1, -0.05) is 47.5 Å². The number of aliphatic hydroxyl groups excluding tert-OH is 1. The van der Waals surface area contributed by atoms with Gasteiger partial charge < -0.3 is 9.84 Å². The van der Waals surface area contributed by atoms with Crippen LogP contribution in [-0.4, -0.2) is 41.2 Å². The summed E-state index contributed by atoms with van der Waals surface area (Å²) in [6.07, 6.45) is -0.893. The van der Waals surface area contributed by atoms with Crippen molar-refractivity contribution in [3.8, 4) is 16.9 Å². The van der Waals surface area contributed by atoms with Crippen molar-refractivity contribution in [2.45, 2.75) is 12.6 Å². The molecule has 6 nitrogen and oxygen atoms in total. The van der Waals surface area contributed by atoms with Crippen molar-refractivity contribution in [1.82, 2.24) is 4.90 Å². The fourth-order valence-corrected chi connectivity index (χ4v) is 3.74. The highest BCUT2D eigenvalue weighted by Crippen LogP contribution is 2.30. The van der Waals surface area contributed by atoms with Crippen LogP contribution in [0.15, 0.2) is 60.7 Å². The van der Waals surface area contributed by atoms with Gasteiger partial charge in [0, 0.05) is 34.8 Å². The van der Waals surface area contributed by atoms with Crippen molar-refractivity contribution in [3.63, 3.8) is 0 Å². The quantitative estimate of drug-likeness (QED) is 0.320. The number of aliphatic hydroxyl groups is 1. The third-order valence-electron chi connectivity index (χ3n) is 4.70. The molecule has 0 radical (unpaired) electrons. The fraction of sp³-hybridized carbons (Fsp3) is 0.217. The molecule has 3 aromatic rings. The molecule has 0 spiro atoms. The molecule has 0 aromatic heterocycles. The van der Waals surface area contributed by atoms with E-state index in [1.54, 1.807) is 6.07 Å². The highest BCUT2D eigenvalue weighted by atomic mass is 35.5. The smallest absolute Gasteiger partial charge is 0.272 e. The van der Waals surface area contributed by atoms with Gasteiger partial charge in [0.2, 0.25) is 0 Å². The minimum Gasteiger partial charge on any atom is -0.488 e. The van der Waals surface area contributed by atoms with Crippen LogP contribution >= 0.6 is 23.2 Å². The molecule has 1 atom stereocenters. The van der Waals surface area contributed by atoms with E-state index in [-0.39, 0.29) is 24.6 Å². The number of rotatable bonds is 9. The standard InChI is InChI=1S/C23H21Cl2FN2O4/c1-27(13-19(29)14-32-23-8-6-18(28(30)31)11-22(23)26)12-15-5-7-20(21(25)9-15)16-3-2-4-17(24)10-16/h2-11,19,29H,12-14H2,1H3. The molecular weight excluding hydrogens is 458 g/mol. The number of nitro benzene ring substituents is 1. The van der Waals surface area contributed by atoms with Crippen LogP contribution in [0, 0.1) is 15.9 Å². The summed E-state index contributed by atoms with van der Waals surface area (Å²) >= 11 is 12.5. The summed E-state index contributed by atoms with van der Waals surface area (Å²) in [5, 5.41) is 22.1. The van der Waals surface area contributed by atoms with E-state index in [0.717, 1.165) is 28.8 Å². The first-order valence-corrected chi connectivity index (χ1v) is 10.5. The molecule has 0 fully saturated rings. The van der Waals surface area contributed by atoms with Gasteiger partial charge in [0.1, 0.15) is 12.7 Å². The van der Waals surface area contributed by atoms with Crippen LogP contribution in [0.25, 0.3) is 11.1 Å². The van der Waals surface area contributed by atoms with Crippen LogP contribution in [0.2, 0.25) is 10.0 Å². The molecule has 3 aromatic carbocycles. The van der Waals surface area contributed by atoms with E-state index < -0.39 is 16.8 Å². The molecule has 0 aliphatic heterocycles. The van der Waals surface area contributed by atoms with Crippen LogP contribution in [0.1, 0.15) is 5.56 Å². The summed E-state index contributed by atoms with van der Waals surface area (Å²) in [6, 6.07) is 16.3. The Labute approximate surface area is 194 Å². The molecule has 0 aliphatic rings. The van der Waals surface area contributed by atoms with Crippen molar-refractivity contribution in [1.29, 1.82) is 0 Å². The van der Waals surface area contributed by atoms with Crippen molar-refractivity contribution in [3.05, 3.63) is 92.2 Å². The number of hydrogen-bond donors (Lipinski definition) is 1. The van der Waals surface area contributed by atoms with E-state index >= 15 is 0 Å². The van der Waals surface area contributed by atoms with E-state index in [1.165, 1.54) is 6.07 Å². The molecule has 168 valence electrons. The second-order valence-electron chi connectivity index (χ2n) is 7.36. The summed E-state index contributed by atoms with van der Waals surface area (Å²) < 4.78 is 19.2. The molecule has 0 saturated carbocycles. The summed E-state index contributed by atoms with van der Waals surface area (Å²) in [5.74, 6) is -1.00. The van der Waals surface area contributed by atoms with Crippen LogP contribution in [0.3, 0.4) is 0 Å². The van der Waals surface area contributed by atoms with Crippen molar-refractivity contribution >= 4 is 28.9 Å². The number of nitro groups is 1. The van der Waals surface area contributed by atoms with Crippen LogP contribution < -0.4 is 4.74 Å². The summed E-state index contributed by atoms with van der Waals surface area (Å²) in [6.45, 7) is 0.633. The third-order valence-corrected chi connectivity index (χ3v) is 5.25. The maximum Gasteiger partial charge on any atom is 0.272 e. The Hall–Kier alpha value is -2.71. The molecule has 9 heteroatoms. The molecule has 0 bridgehead atoms. The summed E-state index contributed by atoms with van der Waals surface area (Å²) in [5.41, 5.74) is 2.39. The van der Waals surface area contributed by atoms with Gasteiger partial charge in [-0.2, -0.15) is 0 Å². The average Bonchev–Trinajstić information content (AvgIpc) is 2.72. The second kappa shape index (κ2) is 10.7. The number of nitrogens with zero attached hydrogens (tertiary/aromatic N) is 2. The van der Waals surface area contributed by atoms with E-state index in [9.17, 15) is 19.6 Å².